The minimum absolute atomic E-state index is 0.145. The molecule has 2 bridgehead atoms. The molecule has 1 heterocycles. The van der Waals surface area contributed by atoms with Crippen LogP contribution in [-0.4, -0.2) is 28.7 Å². The van der Waals surface area contributed by atoms with Crippen molar-refractivity contribution < 1.29 is 14.4 Å². The van der Waals surface area contributed by atoms with Gasteiger partial charge in [0.05, 0.1) is 11.8 Å². The number of hydrogen-bond donors (Lipinski definition) is 1. The second-order valence-corrected chi connectivity index (χ2v) is 10.3. The van der Waals surface area contributed by atoms with Crippen molar-refractivity contribution >= 4 is 23.4 Å². The number of carbonyl (C=O) groups is 3. The number of rotatable bonds is 5. The lowest BCUT2D eigenvalue weighted by Crippen LogP contribution is -2.49. The molecule has 0 spiro atoms. The van der Waals surface area contributed by atoms with Gasteiger partial charge in [-0.15, -0.1) is 0 Å². The van der Waals surface area contributed by atoms with Crippen LogP contribution in [-0.2, 0) is 20.8 Å². The summed E-state index contributed by atoms with van der Waals surface area (Å²) in [7, 11) is 0. The SMILES string of the molecule is Cc1cc(C)cc(NC(=O)C(Cc2ccccc2)N2C(=O)C3C4C=CC(C5CC45)C3C2=O)c1. The molecule has 5 nitrogen and oxygen atoms in total. The highest BCUT2D eigenvalue weighted by atomic mass is 16.2. The molecule has 5 heteroatoms. The van der Waals surface area contributed by atoms with E-state index in [0.717, 1.165) is 23.1 Å². The molecule has 2 aromatic carbocycles. The van der Waals surface area contributed by atoms with Gasteiger partial charge in [0, 0.05) is 12.1 Å². The molecule has 1 aliphatic heterocycles. The van der Waals surface area contributed by atoms with Crippen molar-refractivity contribution in [2.75, 3.05) is 5.32 Å². The summed E-state index contributed by atoms with van der Waals surface area (Å²) < 4.78 is 0. The lowest BCUT2D eigenvalue weighted by molar-refractivity contribution is -0.146. The van der Waals surface area contributed by atoms with Crippen molar-refractivity contribution in [3.63, 3.8) is 0 Å². The first-order valence-electron chi connectivity index (χ1n) is 11.9. The van der Waals surface area contributed by atoms with Crippen LogP contribution in [0.4, 0.5) is 5.69 Å². The molecule has 3 fully saturated rings. The van der Waals surface area contributed by atoms with E-state index in [9.17, 15) is 14.4 Å². The number of likely N-dealkylation sites (tertiary alicyclic amines) is 1. The second kappa shape index (κ2) is 7.41. The molecule has 1 saturated heterocycles. The summed E-state index contributed by atoms with van der Waals surface area (Å²) in [6.45, 7) is 3.97. The average molecular weight is 441 g/mol. The van der Waals surface area contributed by atoms with E-state index in [1.54, 1.807) is 0 Å². The minimum atomic E-state index is -0.866. The van der Waals surface area contributed by atoms with E-state index in [0.29, 0.717) is 23.9 Å². The van der Waals surface area contributed by atoms with Gasteiger partial charge in [-0.3, -0.25) is 19.3 Å². The molecule has 0 radical (unpaired) electrons. The zero-order chi connectivity index (χ0) is 22.9. The highest BCUT2D eigenvalue weighted by molar-refractivity contribution is 6.10. The first-order chi connectivity index (χ1) is 15.9. The molecule has 168 valence electrons. The summed E-state index contributed by atoms with van der Waals surface area (Å²) in [5, 5.41) is 3.00. The van der Waals surface area contributed by atoms with Crippen LogP contribution in [0.3, 0.4) is 0 Å². The molecule has 5 aliphatic rings. The van der Waals surface area contributed by atoms with Gasteiger partial charge in [-0.25, -0.2) is 0 Å². The number of benzene rings is 2. The Labute approximate surface area is 193 Å². The van der Waals surface area contributed by atoms with E-state index >= 15 is 0 Å². The Balaban J connectivity index is 1.34. The van der Waals surface area contributed by atoms with Gasteiger partial charge in [0.25, 0.3) is 0 Å². The number of allylic oxidation sites excluding steroid dienone is 2. The van der Waals surface area contributed by atoms with Crippen LogP contribution in [0, 0.1) is 49.4 Å². The lowest BCUT2D eigenvalue weighted by Gasteiger charge is -2.37. The largest absolute Gasteiger partial charge is 0.324 e. The van der Waals surface area contributed by atoms with Gasteiger partial charge in [0.1, 0.15) is 6.04 Å². The maximum atomic E-state index is 13.7. The zero-order valence-electron chi connectivity index (χ0n) is 18.9. The monoisotopic (exact) mass is 440 g/mol. The molecule has 7 atom stereocenters. The second-order valence-electron chi connectivity index (χ2n) is 10.3. The maximum Gasteiger partial charge on any atom is 0.248 e. The number of hydrogen-bond acceptors (Lipinski definition) is 3. The minimum Gasteiger partial charge on any atom is -0.324 e. The van der Waals surface area contributed by atoms with Crippen LogP contribution in [0.1, 0.15) is 23.1 Å². The van der Waals surface area contributed by atoms with E-state index in [1.807, 2.05) is 62.4 Å². The van der Waals surface area contributed by atoms with Gasteiger partial charge in [-0.1, -0.05) is 48.6 Å². The molecule has 7 unspecified atom stereocenters. The fourth-order valence-corrected chi connectivity index (χ4v) is 6.70. The predicted octanol–water partition coefficient (Wildman–Crippen LogP) is 3.91. The molecule has 1 N–H and O–H groups in total. The Kier molecular flexibility index (Phi) is 4.58. The van der Waals surface area contributed by atoms with Crippen LogP contribution in [0.5, 0.6) is 0 Å². The van der Waals surface area contributed by atoms with Crippen molar-refractivity contribution in [2.24, 2.45) is 35.5 Å². The molecule has 2 saturated carbocycles. The maximum absolute atomic E-state index is 13.7. The highest BCUT2D eigenvalue weighted by Crippen LogP contribution is 2.65. The number of carbonyl (C=O) groups excluding carboxylic acids is 3. The van der Waals surface area contributed by atoms with Crippen molar-refractivity contribution in [2.45, 2.75) is 32.7 Å². The molecule has 33 heavy (non-hydrogen) atoms. The molecule has 0 aromatic heterocycles. The van der Waals surface area contributed by atoms with Gasteiger partial charge < -0.3 is 5.32 Å². The Morgan fingerprint density at radius 3 is 2.09 bits per heavy atom. The first kappa shape index (κ1) is 20.4. The Hall–Kier alpha value is -3.21. The quantitative estimate of drug-likeness (QED) is 0.566. The van der Waals surface area contributed by atoms with E-state index in [4.69, 9.17) is 0 Å². The summed E-state index contributed by atoms with van der Waals surface area (Å²) in [5.74, 6) is 0.126. The standard InChI is InChI=1S/C28H28N2O3/c1-15-10-16(2)12-18(11-15)29-26(31)23(13-17-6-4-3-5-7-17)30-27(32)24-19-8-9-20(22-14-21(19)22)25(24)28(30)33/h3-12,19-25H,13-14H2,1-2H3,(H,29,31). The summed E-state index contributed by atoms with van der Waals surface area (Å²) in [6, 6.07) is 14.6. The van der Waals surface area contributed by atoms with E-state index in [1.165, 1.54) is 4.90 Å². The van der Waals surface area contributed by atoms with Crippen molar-refractivity contribution in [3.8, 4) is 0 Å². The predicted molar refractivity (Wildman–Crippen MR) is 125 cm³/mol. The third-order valence-electron chi connectivity index (χ3n) is 8.07. The third kappa shape index (κ3) is 3.25. The van der Waals surface area contributed by atoms with Gasteiger partial charge in [-0.2, -0.15) is 0 Å². The fourth-order valence-electron chi connectivity index (χ4n) is 6.70. The summed E-state index contributed by atoms with van der Waals surface area (Å²) in [5.41, 5.74) is 3.71. The molecule has 4 aliphatic carbocycles. The Morgan fingerprint density at radius 1 is 0.939 bits per heavy atom. The van der Waals surface area contributed by atoms with Crippen LogP contribution in [0.15, 0.2) is 60.7 Å². The van der Waals surface area contributed by atoms with E-state index in [2.05, 4.69) is 17.5 Å². The molecular formula is C28H28N2O3. The molecular weight excluding hydrogens is 412 g/mol. The van der Waals surface area contributed by atoms with Gasteiger partial charge in [-0.05, 0) is 72.8 Å². The van der Waals surface area contributed by atoms with Crippen molar-refractivity contribution in [3.05, 3.63) is 77.4 Å². The Morgan fingerprint density at radius 2 is 1.52 bits per heavy atom. The number of nitrogens with zero attached hydrogens (tertiary/aromatic N) is 1. The third-order valence-corrected chi connectivity index (χ3v) is 8.07. The molecule has 7 rings (SSSR count). The van der Waals surface area contributed by atoms with Crippen LogP contribution < -0.4 is 5.32 Å². The summed E-state index contributed by atoms with van der Waals surface area (Å²) >= 11 is 0. The molecule has 2 aromatic rings. The normalized spacial score (nSPS) is 31.9. The summed E-state index contributed by atoms with van der Waals surface area (Å²) in [6.07, 6.45) is 5.76. The van der Waals surface area contributed by atoms with Crippen LogP contribution >= 0.6 is 0 Å². The number of amides is 3. The van der Waals surface area contributed by atoms with Gasteiger partial charge >= 0.3 is 0 Å². The van der Waals surface area contributed by atoms with E-state index < -0.39 is 6.04 Å². The summed E-state index contributed by atoms with van der Waals surface area (Å²) in [4.78, 5) is 42.3. The number of aryl methyl sites for hydroxylation is 2. The van der Waals surface area contributed by atoms with E-state index in [-0.39, 0.29) is 41.4 Å². The highest BCUT2D eigenvalue weighted by Gasteiger charge is 2.67. The number of nitrogens with one attached hydrogen (secondary N) is 1. The van der Waals surface area contributed by atoms with Gasteiger partial charge in [0.2, 0.25) is 17.7 Å². The van der Waals surface area contributed by atoms with Crippen LogP contribution in [0.25, 0.3) is 0 Å². The number of anilines is 1. The fraction of sp³-hybridized carbons (Fsp3) is 0.393. The van der Waals surface area contributed by atoms with Crippen molar-refractivity contribution in [1.29, 1.82) is 0 Å². The smallest absolute Gasteiger partial charge is 0.248 e. The topological polar surface area (TPSA) is 66.5 Å². The first-order valence-corrected chi connectivity index (χ1v) is 11.9. The molecule has 3 amide bonds. The lowest BCUT2D eigenvalue weighted by atomic mass is 9.63. The van der Waals surface area contributed by atoms with Gasteiger partial charge in [0.15, 0.2) is 0 Å². The zero-order valence-corrected chi connectivity index (χ0v) is 18.9. The van der Waals surface area contributed by atoms with Crippen LogP contribution in [0.2, 0.25) is 0 Å². The number of imide groups is 1. The van der Waals surface area contributed by atoms with Crippen molar-refractivity contribution in [1.82, 2.24) is 4.90 Å². The Bertz CT molecular complexity index is 1130. The average Bonchev–Trinajstić information content (AvgIpc) is 3.56.